The van der Waals surface area contributed by atoms with Crippen molar-refractivity contribution in [2.45, 2.75) is 76.7 Å². The Balaban J connectivity index is 1.23. The molecule has 4 aliphatic rings. The molecule has 11 nitrogen and oxygen atoms in total. The van der Waals surface area contributed by atoms with E-state index in [1.54, 1.807) is 4.90 Å². The lowest BCUT2D eigenvalue weighted by molar-refractivity contribution is -0.0893. The molecule has 0 saturated carbocycles. The number of fused-ring (bicyclic) bond motifs is 3. The number of carbonyl (C=O) groups excluding carboxylic acids is 1. The maximum atomic E-state index is 12.5. The number of anilines is 5. The zero-order valence-corrected chi connectivity index (χ0v) is 25.4. The third-order valence-corrected chi connectivity index (χ3v) is 9.15. The van der Waals surface area contributed by atoms with E-state index in [1.807, 2.05) is 43.5 Å². The lowest BCUT2D eigenvalue weighted by atomic mass is 9.73. The second kappa shape index (κ2) is 10.3. The molecule has 43 heavy (non-hydrogen) atoms. The smallest absolute Gasteiger partial charge is 0.415 e. The fraction of sp³-hybridized carbons (Fsp3) is 0.500. The number of hydrogen-bond donors (Lipinski definition) is 2. The summed E-state index contributed by atoms with van der Waals surface area (Å²) in [6, 6.07) is 11.8. The molecule has 0 radical (unpaired) electrons. The highest BCUT2D eigenvalue weighted by Gasteiger charge is 2.55. The second-order valence-corrected chi connectivity index (χ2v) is 13.0. The van der Waals surface area contributed by atoms with E-state index in [0.717, 1.165) is 60.1 Å². The monoisotopic (exact) mass is 585 g/mol. The number of nitrogens with zero attached hydrogens (tertiary/aromatic N) is 5. The molecule has 11 heteroatoms. The average Bonchev–Trinajstić information content (AvgIpc) is 3.67. The number of aryl methyl sites for hydroxylation is 1. The van der Waals surface area contributed by atoms with E-state index in [9.17, 15) is 4.79 Å². The van der Waals surface area contributed by atoms with Crippen molar-refractivity contribution in [3.8, 4) is 5.75 Å². The molecule has 6 heterocycles. The highest BCUT2D eigenvalue weighted by molar-refractivity contribution is 5.89. The third kappa shape index (κ3) is 4.94. The summed E-state index contributed by atoms with van der Waals surface area (Å²) in [6.07, 6.45) is 3.53. The van der Waals surface area contributed by atoms with Crippen molar-refractivity contribution in [2.24, 2.45) is 0 Å². The minimum absolute atomic E-state index is 0.0326. The summed E-state index contributed by atoms with van der Waals surface area (Å²) in [4.78, 5) is 31.2. The van der Waals surface area contributed by atoms with Crippen LogP contribution in [-0.4, -0.2) is 71.1 Å². The Labute approximate surface area is 252 Å². The fourth-order valence-electron chi connectivity index (χ4n) is 6.67. The molecule has 1 aromatic carbocycles. The number of pyridine rings is 1. The standard InChI is InChI=1S/C32H39N7O4/c1-19-13-21(9-10-24(19)43-22-11-12-33-15-22)35-29-34-16-23-28(37-29)39(25-14-31(3,4)42-18-32(23,25)5)27-8-6-7-26(36-27)38-20(2)17-41-30(38)40/h6-10,13,16,20,22,25,33H,11-12,14-15,17-18H2,1-5H3,(H,34,35,37)/t20-,22-,25+,32+/m0/s1. The van der Waals surface area contributed by atoms with Gasteiger partial charge in [-0.05, 0) is 83.0 Å². The summed E-state index contributed by atoms with van der Waals surface area (Å²) < 4.78 is 17.8. The quantitative estimate of drug-likeness (QED) is 0.410. The molecule has 3 saturated heterocycles. The first-order valence-corrected chi connectivity index (χ1v) is 15.1. The van der Waals surface area contributed by atoms with Crippen LogP contribution in [0.3, 0.4) is 0 Å². The molecule has 1 amide bonds. The van der Waals surface area contributed by atoms with Gasteiger partial charge < -0.3 is 29.7 Å². The average molecular weight is 586 g/mol. The van der Waals surface area contributed by atoms with E-state index in [1.165, 1.54) is 0 Å². The van der Waals surface area contributed by atoms with Crippen LogP contribution in [0.1, 0.15) is 51.7 Å². The number of cyclic esters (lactones) is 1. The Kier molecular flexibility index (Phi) is 6.70. The van der Waals surface area contributed by atoms with Crippen LogP contribution in [0.2, 0.25) is 0 Å². The normalized spacial score (nSPS) is 27.6. The van der Waals surface area contributed by atoms with Gasteiger partial charge in [0.1, 0.15) is 35.9 Å². The van der Waals surface area contributed by atoms with Crippen LogP contribution in [0, 0.1) is 6.92 Å². The number of rotatable bonds is 6. The van der Waals surface area contributed by atoms with E-state index >= 15 is 0 Å². The van der Waals surface area contributed by atoms with Gasteiger partial charge in [0.25, 0.3) is 0 Å². The van der Waals surface area contributed by atoms with Crippen LogP contribution in [0.25, 0.3) is 0 Å². The zero-order valence-electron chi connectivity index (χ0n) is 25.4. The van der Waals surface area contributed by atoms with Crippen molar-refractivity contribution in [1.29, 1.82) is 0 Å². The summed E-state index contributed by atoms with van der Waals surface area (Å²) in [5, 5.41) is 6.75. The number of amides is 1. The number of carbonyl (C=O) groups is 1. The van der Waals surface area contributed by atoms with Gasteiger partial charge in [-0.3, -0.25) is 4.90 Å². The van der Waals surface area contributed by atoms with Crippen LogP contribution in [0.5, 0.6) is 5.75 Å². The molecular formula is C32H39N7O4. The minimum Gasteiger partial charge on any atom is -0.489 e. The first kappa shape index (κ1) is 27.8. The van der Waals surface area contributed by atoms with Crippen molar-refractivity contribution in [1.82, 2.24) is 20.3 Å². The Hall–Kier alpha value is -3.96. The fourth-order valence-corrected chi connectivity index (χ4v) is 6.67. The van der Waals surface area contributed by atoms with Crippen molar-refractivity contribution >= 4 is 35.2 Å². The van der Waals surface area contributed by atoms with Gasteiger partial charge in [0.2, 0.25) is 5.95 Å². The van der Waals surface area contributed by atoms with Crippen molar-refractivity contribution in [3.05, 3.63) is 53.7 Å². The van der Waals surface area contributed by atoms with Crippen LogP contribution < -0.4 is 25.2 Å². The largest absolute Gasteiger partial charge is 0.489 e. The molecule has 4 aliphatic heterocycles. The number of hydrogen-bond acceptors (Lipinski definition) is 10. The molecule has 0 unspecified atom stereocenters. The number of ether oxygens (including phenoxy) is 3. The molecule has 0 bridgehead atoms. The highest BCUT2D eigenvalue weighted by Crippen LogP contribution is 2.53. The summed E-state index contributed by atoms with van der Waals surface area (Å²) >= 11 is 0. The summed E-state index contributed by atoms with van der Waals surface area (Å²) in [5.74, 6) is 3.46. The van der Waals surface area contributed by atoms with Gasteiger partial charge in [0, 0.05) is 29.4 Å². The van der Waals surface area contributed by atoms with Gasteiger partial charge in [0.05, 0.1) is 24.3 Å². The van der Waals surface area contributed by atoms with Gasteiger partial charge in [-0.1, -0.05) is 13.0 Å². The van der Waals surface area contributed by atoms with Crippen LogP contribution in [0.4, 0.5) is 33.9 Å². The predicted molar refractivity (Wildman–Crippen MR) is 164 cm³/mol. The van der Waals surface area contributed by atoms with E-state index in [2.05, 4.69) is 49.3 Å². The van der Waals surface area contributed by atoms with Gasteiger partial charge in [-0.15, -0.1) is 0 Å². The number of benzene rings is 1. The topological polar surface area (TPSA) is 114 Å². The maximum Gasteiger partial charge on any atom is 0.415 e. The van der Waals surface area contributed by atoms with Crippen LogP contribution in [-0.2, 0) is 14.9 Å². The summed E-state index contributed by atoms with van der Waals surface area (Å²) in [5.41, 5.74) is 2.29. The molecule has 226 valence electrons. The van der Waals surface area contributed by atoms with E-state index < -0.39 is 0 Å². The van der Waals surface area contributed by atoms with E-state index in [4.69, 9.17) is 29.2 Å². The third-order valence-electron chi connectivity index (χ3n) is 9.15. The minimum atomic E-state index is -0.378. The molecule has 7 rings (SSSR count). The molecular weight excluding hydrogens is 546 g/mol. The van der Waals surface area contributed by atoms with Gasteiger partial charge in [-0.2, -0.15) is 4.98 Å². The molecule has 0 aliphatic carbocycles. The molecule has 3 aromatic rings. The SMILES string of the molecule is Cc1cc(Nc2ncc3c(n2)N(c2cccc(N4C(=O)OC[C@@H]4C)n2)[C@@H]2CC(C)(C)OC[C@]32C)ccc1O[C@H]1CCNC1. The maximum absolute atomic E-state index is 12.5. The molecule has 4 atom stereocenters. The van der Waals surface area contributed by atoms with Gasteiger partial charge in [-0.25, -0.2) is 14.8 Å². The zero-order chi connectivity index (χ0) is 29.9. The van der Waals surface area contributed by atoms with Crippen molar-refractivity contribution in [2.75, 3.05) is 41.4 Å². The lowest BCUT2D eigenvalue weighted by Crippen LogP contribution is -2.54. The summed E-state index contributed by atoms with van der Waals surface area (Å²) in [6.45, 7) is 13.2. The number of aromatic nitrogens is 3. The molecule has 0 spiro atoms. The van der Waals surface area contributed by atoms with E-state index in [-0.39, 0.29) is 35.3 Å². The van der Waals surface area contributed by atoms with Crippen LogP contribution in [0.15, 0.2) is 42.6 Å². The second-order valence-electron chi connectivity index (χ2n) is 13.0. The highest BCUT2D eigenvalue weighted by atomic mass is 16.6. The van der Waals surface area contributed by atoms with Crippen molar-refractivity contribution in [3.63, 3.8) is 0 Å². The Morgan fingerprint density at radius 1 is 1.12 bits per heavy atom. The molecule has 2 aromatic heterocycles. The first-order valence-electron chi connectivity index (χ1n) is 15.1. The molecule has 2 N–H and O–H groups in total. The van der Waals surface area contributed by atoms with Crippen LogP contribution >= 0.6 is 0 Å². The first-order chi connectivity index (χ1) is 20.6. The Morgan fingerprint density at radius 2 is 1.93 bits per heavy atom. The Morgan fingerprint density at radius 3 is 2.65 bits per heavy atom. The van der Waals surface area contributed by atoms with Gasteiger partial charge >= 0.3 is 6.09 Å². The van der Waals surface area contributed by atoms with Crippen molar-refractivity contribution < 1.29 is 19.0 Å². The summed E-state index contributed by atoms with van der Waals surface area (Å²) in [7, 11) is 0. The number of nitrogens with one attached hydrogen (secondary N) is 2. The van der Waals surface area contributed by atoms with Gasteiger partial charge in [0.15, 0.2) is 0 Å². The Bertz CT molecular complexity index is 1560. The van der Waals surface area contributed by atoms with E-state index in [0.29, 0.717) is 25.0 Å². The lowest BCUT2D eigenvalue weighted by Gasteiger charge is -2.46. The molecule has 3 fully saturated rings. The predicted octanol–water partition coefficient (Wildman–Crippen LogP) is 4.99.